The summed E-state index contributed by atoms with van der Waals surface area (Å²) in [5.41, 5.74) is 1.29. The molecule has 94 valence electrons. The van der Waals surface area contributed by atoms with E-state index in [9.17, 15) is 10.1 Å². The maximum absolute atomic E-state index is 10.5. The minimum absolute atomic E-state index is 0.155. The number of alkyl halides is 1. The predicted molar refractivity (Wildman–Crippen MR) is 73.6 cm³/mol. The molecular weight excluding hydrogens is 282 g/mol. The van der Waals surface area contributed by atoms with Crippen LogP contribution in [0.4, 0.5) is 5.69 Å². The number of nitrogens with zero attached hydrogens (tertiary/aromatic N) is 1. The molecule has 0 aliphatic heterocycles. The first-order valence-electron chi connectivity index (χ1n) is 5.86. The van der Waals surface area contributed by atoms with Gasteiger partial charge in [0.05, 0.1) is 4.92 Å². The van der Waals surface area contributed by atoms with Crippen LogP contribution in [0.3, 0.4) is 0 Å². The van der Waals surface area contributed by atoms with E-state index >= 15 is 0 Å². The Hall–Kier alpha value is -0.900. The lowest BCUT2D eigenvalue weighted by Crippen LogP contribution is -2.04. The van der Waals surface area contributed by atoms with Crippen LogP contribution in [0.2, 0.25) is 0 Å². The number of rotatable bonds is 6. The smallest absolute Gasteiger partial charge is 0.258 e. The lowest BCUT2D eigenvalue weighted by molar-refractivity contribution is -0.384. The van der Waals surface area contributed by atoms with E-state index < -0.39 is 0 Å². The first kappa shape index (κ1) is 14.2. The molecule has 0 saturated carbocycles. The van der Waals surface area contributed by atoms with E-state index in [2.05, 4.69) is 29.8 Å². The van der Waals surface area contributed by atoms with Crippen molar-refractivity contribution in [1.29, 1.82) is 0 Å². The highest BCUT2D eigenvalue weighted by molar-refractivity contribution is 9.09. The predicted octanol–water partition coefficient (Wildman–Crippen LogP) is 4.34. The summed E-state index contributed by atoms with van der Waals surface area (Å²) in [5, 5.41) is 10.5. The Morgan fingerprint density at radius 1 is 1.24 bits per heavy atom. The summed E-state index contributed by atoms with van der Waals surface area (Å²) < 4.78 is 0. The van der Waals surface area contributed by atoms with Gasteiger partial charge < -0.3 is 0 Å². The molecule has 0 heterocycles. The minimum Gasteiger partial charge on any atom is -0.258 e. The van der Waals surface area contributed by atoms with Gasteiger partial charge in [0, 0.05) is 17.0 Å². The van der Waals surface area contributed by atoms with Gasteiger partial charge in [-0.2, -0.15) is 0 Å². The first-order chi connectivity index (χ1) is 7.99. The number of non-ortho nitro benzene ring substituents is 1. The highest BCUT2D eigenvalue weighted by Gasteiger charge is 2.09. The molecule has 0 saturated heterocycles. The summed E-state index contributed by atoms with van der Waals surface area (Å²) in [7, 11) is 0. The third-order valence-electron chi connectivity index (χ3n) is 2.66. The van der Waals surface area contributed by atoms with Crippen LogP contribution in [-0.4, -0.2) is 9.75 Å². The fourth-order valence-corrected chi connectivity index (χ4v) is 2.26. The number of benzene rings is 1. The van der Waals surface area contributed by atoms with Crippen LogP contribution >= 0.6 is 15.9 Å². The molecule has 17 heavy (non-hydrogen) atoms. The van der Waals surface area contributed by atoms with Crippen molar-refractivity contribution >= 4 is 21.6 Å². The average Bonchev–Trinajstić information content (AvgIpc) is 2.27. The standard InChI is InChI=1S/C13H18BrNO2/c1-10(2)3-6-12(14)9-11-4-7-13(8-5-11)15(16)17/h4-5,7-8,10,12H,3,6,9H2,1-2H3. The van der Waals surface area contributed by atoms with Gasteiger partial charge in [-0.15, -0.1) is 0 Å². The SMILES string of the molecule is CC(C)CCC(Br)Cc1ccc([N+](=O)[O-])cc1. The molecule has 0 fully saturated rings. The molecule has 0 N–H and O–H groups in total. The molecule has 1 atom stereocenters. The molecule has 0 amide bonds. The van der Waals surface area contributed by atoms with Crippen molar-refractivity contribution in [3.8, 4) is 0 Å². The topological polar surface area (TPSA) is 43.1 Å². The number of hydrogen-bond donors (Lipinski definition) is 0. The Balaban J connectivity index is 2.48. The van der Waals surface area contributed by atoms with E-state index in [0.717, 1.165) is 18.4 Å². The van der Waals surface area contributed by atoms with Crippen LogP contribution < -0.4 is 0 Å². The maximum Gasteiger partial charge on any atom is 0.269 e. The van der Waals surface area contributed by atoms with Crippen molar-refractivity contribution < 1.29 is 4.92 Å². The summed E-state index contributed by atoms with van der Waals surface area (Å²) >= 11 is 3.66. The molecule has 0 spiro atoms. The van der Waals surface area contributed by atoms with Crippen molar-refractivity contribution in [2.75, 3.05) is 0 Å². The molecule has 0 aliphatic rings. The van der Waals surface area contributed by atoms with Crippen molar-refractivity contribution in [3.05, 3.63) is 39.9 Å². The third kappa shape index (κ3) is 5.31. The molecule has 1 aromatic carbocycles. The Morgan fingerprint density at radius 2 is 1.82 bits per heavy atom. The van der Waals surface area contributed by atoms with Crippen molar-refractivity contribution in [1.82, 2.24) is 0 Å². The van der Waals surface area contributed by atoms with Crippen molar-refractivity contribution in [2.45, 2.75) is 37.9 Å². The fraction of sp³-hybridized carbons (Fsp3) is 0.538. The zero-order valence-electron chi connectivity index (χ0n) is 10.2. The van der Waals surface area contributed by atoms with Gasteiger partial charge in [-0.1, -0.05) is 41.9 Å². The van der Waals surface area contributed by atoms with Crippen LogP contribution in [0.25, 0.3) is 0 Å². The molecule has 0 bridgehead atoms. The fourth-order valence-electron chi connectivity index (χ4n) is 1.63. The Labute approximate surface area is 111 Å². The van der Waals surface area contributed by atoms with Crippen LogP contribution in [0.1, 0.15) is 32.3 Å². The van der Waals surface area contributed by atoms with Gasteiger partial charge in [0.1, 0.15) is 0 Å². The lowest BCUT2D eigenvalue weighted by Gasteiger charge is -2.11. The number of hydrogen-bond acceptors (Lipinski definition) is 2. The lowest BCUT2D eigenvalue weighted by atomic mass is 10.0. The second kappa shape index (κ2) is 6.74. The highest BCUT2D eigenvalue weighted by atomic mass is 79.9. The maximum atomic E-state index is 10.5. The Kier molecular flexibility index (Phi) is 5.62. The summed E-state index contributed by atoms with van der Waals surface area (Å²) in [6, 6.07) is 6.80. The van der Waals surface area contributed by atoms with Gasteiger partial charge in [0.15, 0.2) is 0 Å². The largest absolute Gasteiger partial charge is 0.269 e. The van der Waals surface area contributed by atoms with E-state index in [1.54, 1.807) is 12.1 Å². The van der Waals surface area contributed by atoms with Crippen LogP contribution in [0, 0.1) is 16.0 Å². The van der Waals surface area contributed by atoms with E-state index in [4.69, 9.17) is 0 Å². The number of nitro groups is 1. The van der Waals surface area contributed by atoms with Crippen molar-refractivity contribution in [2.24, 2.45) is 5.92 Å². The summed E-state index contributed by atoms with van der Waals surface area (Å²) in [5.74, 6) is 0.715. The Morgan fingerprint density at radius 3 is 2.29 bits per heavy atom. The minimum atomic E-state index is -0.367. The molecular formula is C13H18BrNO2. The number of halogens is 1. The number of nitro benzene ring substituents is 1. The van der Waals surface area contributed by atoms with Crippen LogP contribution in [0.5, 0.6) is 0 Å². The molecule has 0 aromatic heterocycles. The molecule has 4 heteroatoms. The zero-order valence-corrected chi connectivity index (χ0v) is 11.8. The molecule has 1 rings (SSSR count). The molecule has 1 unspecified atom stereocenters. The van der Waals surface area contributed by atoms with Gasteiger partial charge >= 0.3 is 0 Å². The van der Waals surface area contributed by atoms with E-state index in [1.165, 1.54) is 6.42 Å². The van der Waals surface area contributed by atoms with Gasteiger partial charge in [-0.25, -0.2) is 0 Å². The second-order valence-electron chi connectivity index (χ2n) is 4.70. The quantitative estimate of drug-likeness (QED) is 0.445. The summed E-state index contributed by atoms with van der Waals surface area (Å²) in [6.07, 6.45) is 3.25. The van der Waals surface area contributed by atoms with Crippen molar-refractivity contribution in [3.63, 3.8) is 0 Å². The third-order valence-corrected chi connectivity index (χ3v) is 3.44. The Bertz CT molecular complexity index is 362. The van der Waals surface area contributed by atoms with Crippen LogP contribution in [0.15, 0.2) is 24.3 Å². The molecule has 0 aliphatic carbocycles. The monoisotopic (exact) mass is 299 g/mol. The zero-order chi connectivity index (χ0) is 12.8. The van der Waals surface area contributed by atoms with E-state index in [1.807, 2.05) is 12.1 Å². The van der Waals surface area contributed by atoms with Gasteiger partial charge in [0.25, 0.3) is 5.69 Å². The van der Waals surface area contributed by atoms with Gasteiger partial charge in [-0.05, 0) is 30.7 Å². The van der Waals surface area contributed by atoms with E-state index in [0.29, 0.717) is 10.7 Å². The van der Waals surface area contributed by atoms with Gasteiger partial charge in [-0.3, -0.25) is 10.1 Å². The normalized spacial score (nSPS) is 12.7. The molecule has 0 radical (unpaired) electrons. The second-order valence-corrected chi connectivity index (χ2v) is 5.99. The first-order valence-corrected chi connectivity index (χ1v) is 6.78. The molecule has 1 aromatic rings. The van der Waals surface area contributed by atoms with Gasteiger partial charge in [0.2, 0.25) is 0 Å². The van der Waals surface area contributed by atoms with E-state index in [-0.39, 0.29) is 10.6 Å². The summed E-state index contributed by atoms with van der Waals surface area (Å²) in [6.45, 7) is 4.43. The van der Waals surface area contributed by atoms with Crippen LogP contribution in [-0.2, 0) is 6.42 Å². The summed E-state index contributed by atoms with van der Waals surface area (Å²) in [4.78, 5) is 10.6. The average molecular weight is 300 g/mol. The highest BCUT2D eigenvalue weighted by Crippen LogP contribution is 2.19. The molecule has 3 nitrogen and oxygen atoms in total.